The molecule has 0 amide bonds. The van der Waals surface area contributed by atoms with Gasteiger partial charge in [-0.25, -0.2) is 19.2 Å². The maximum absolute atomic E-state index is 12.2. The molecule has 0 fully saturated rings. The smallest absolute Gasteiger partial charge is 0.306 e. The van der Waals surface area contributed by atoms with E-state index in [4.69, 9.17) is 5.84 Å². The third-order valence-corrected chi connectivity index (χ3v) is 5.32. The average molecular weight is 329 g/mol. The van der Waals surface area contributed by atoms with Crippen LogP contribution in [-0.4, -0.2) is 18.3 Å². The van der Waals surface area contributed by atoms with Gasteiger partial charge in [-0.3, -0.25) is 14.8 Å². The number of pyridine rings is 1. The largest absolute Gasteiger partial charge is 0.310 e. The van der Waals surface area contributed by atoms with E-state index in [2.05, 4.69) is 15.1 Å². The molecule has 112 valence electrons. The normalized spacial score (nSPS) is 11.1. The van der Waals surface area contributed by atoms with Gasteiger partial charge >= 0.3 is 5.69 Å². The molecule has 0 aliphatic rings. The summed E-state index contributed by atoms with van der Waals surface area (Å²) in [5, 5.41) is 10.8. The second-order valence-electron chi connectivity index (χ2n) is 4.01. The number of nitrogen functional groups attached to an aromatic ring is 1. The average Bonchev–Trinajstić information content (AvgIpc) is 2.86. The highest BCUT2D eigenvalue weighted by Gasteiger charge is 2.26. The lowest BCUT2D eigenvalue weighted by Gasteiger charge is -2.04. The maximum Gasteiger partial charge on any atom is 0.306 e. The number of nitro groups is 1. The predicted molar refractivity (Wildman–Crippen MR) is 78.6 cm³/mol. The van der Waals surface area contributed by atoms with E-state index in [1.165, 1.54) is 12.3 Å². The summed E-state index contributed by atoms with van der Waals surface area (Å²) in [5.41, 5.74) is 2.58. The molecule has 2 aromatic rings. The highest BCUT2D eigenvalue weighted by Crippen LogP contribution is 2.36. The van der Waals surface area contributed by atoms with Crippen molar-refractivity contribution >= 4 is 37.9 Å². The number of nitrogens with zero attached hydrogens (tertiary/aromatic N) is 2. The number of rotatable bonds is 5. The molecule has 2 rings (SSSR count). The van der Waals surface area contributed by atoms with Gasteiger partial charge in [0.25, 0.3) is 10.0 Å². The van der Waals surface area contributed by atoms with E-state index in [9.17, 15) is 18.5 Å². The van der Waals surface area contributed by atoms with Crippen LogP contribution in [0.2, 0.25) is 0 Å². The fraction of sp³-hybridized carbons (Fsp3) is 0.100. The molecule has 21 heavy (non-hydrogen) atoms. The number of hydrogen-bond donors (Lipinski definition) is 3. The predicted octanol–water partition coefficient (Wildman–Crippen LogP) is 1.45. The molecule has 4 N–H and O–H groups in total. The zero-order valence-electron chi connectivity index (χ0n) is 10.7. The zero-order chi connectivity index (χ0) is 15.6. The molecule has 0 bridgehead atoms. The number of aryl methyl sites for hydroxylation is 1. The van der Waals surface area contributed by atoms with E-state index < -0.39 is 20.6 Å². The number of nitrogens with two attached hydrogens (primary N) is 1. The molecule has 0 aliphatic heterocycles. The van der Waals surface area contributed by atoms with Gasteiger partial charge in [-0.1, -0.05) is 17.4 Å². The summed E-state index contributed by atoms with van der Waals surface area (Å²) < 4.78 is 26.3. The van der Waals surface area contributed by atoms with Gasteiger partial charge in [0.05, 0.1) is 4.92 Å². The second kappa shape index (κ2) is 5.63. The lowest BCUT2D eigenvalue weighted by Crippen LogP contribution is -2.12. The van der Waals surface area contributed by atoms with Crippen molar-refractivity contribution in [3.05, 3.63) is 40.1 Å². The standard InChI is InChI=1S/C10H11N5O4S2/c1-6-2-3-8(12-5-6)14-21(18,19)9-4-7(15(16)17)10(13-11)20-9/h2-5,13H,11H2,1H3,(H,12,14). The van der Waals surface area contributed by atoms with Crippen LogP contribution in [0.5, 0.6) is 0 Å². The van der Waals surface area contributed by atoms with Gasteiger partial charge in [-0.05, 0) is 18.6 Å². The molecular formula is C10H11N5O4S2. The van der Waals surface area contributed by atoms with Crippen molar-refractivity contribution in [3.63, 3.8) is 0 Å². The van der Waals surface area contributed by atoms with Crippen LogP contribution >= 0.6 is 11.3 Å². The SMILES string of the molecule is Cc1ccc(NS(=O)(=O)c2cc([N+](=O)[O-])c(NN)s2)nc1. The van der Waals surface area contributed by atoms with E-state index in [0.717, 1.165) is 11.6 Å². The molecule has 11 heteroatoms. The van der Waals surface area contributed by atoms with Gasteiger partial charge in [-0.2, -0.15) is 0 Å². The van der Waals surface area contributed by atoms with Crippen LogP contribution in [0.1, 0.15) is 5.56 Å². The highest BCUT2D eigenvalue weighted by molar-refractivity contribution is 7.94. The number of aromatic nitrogens is 1. The van der Waals surface area contributed by atoms with Crippen LogP contribution in [0.4, 0.5) is 16.5 Å². The summed E-state index contributed by atoms with van der Waals surface area (Å²) in [6.07, 6.45) is 1.50. The lowest BCUT2D eigenvalue weighted by atomic mass is 10.3. The summed E-state index contributed by atoms with van der Waals surface area (Å²) in [7, 11) is -3.97. The van der Waals surface area contributed by atoms with Gasteiger partial charge in [-0.15, -0.1) is 0 Å². The van der Waals surface area contributed by atoms with Crippen LogP contribution in [0.15, 0.2) is 28.6 Å². The van der Waals surface area contributed by atoms with Crippen LogP contribution in [0, 0.1) is 17.0 Å². The Kier molecular flexibility index (Phi) is 4.06. The molecule has 2 aromatic heterocycles. The maximum atomic E-state index is 12.2. The molecule has 0 saturated heterocycles. The Hall–Kier alpha value is -2.24. The Morgan fingerprint density at radius 3 is 2.62 bits per heavy atom. The Morgan fingerprint density at radius 2 is 2.14 bits per heavy atom. The van der Waals surface area contributed by atoms with E-state index in [1.807, 2.05) is 6.92 Å². The van der Waals surface area contributed by atoms with Gasteiger partial charge < -0.3 is 5.43 Å². The number of nitrogens with one attached hydrogen (secondary N) is 2. The van der Waals surface area contributed by atoms with Crippen LogP contribution in [-0.2, 0) is 10.0 Å². The summed E-state index contributed by atoms with van der Waals surface area (Å²) in [5.74, 6) is 5.27. The van der Waals surface area contributed by atoms with E-state index in [1.54, 1.807) is 6.07 Å². The molecule has 0 spiro atoms. The summed E-state index contributed by atoms with van der Waals surface area (Å²) >= 11 is 0.661. The minimum absolute atomic E-state index is 0.0442. The first-order valence-corrected chi connectivity index (χ1v) is 7.84. The fourth-order valence-corrected chi connectivity index (χ4v) is 3.69. The van der Waals surface area contributed by atoms with Crippen molar-refractivity contribution in [2.75, 3.05) is 10.1 Å². The third-order valence-electron chi connectivity index (χ3n) is 2.43. The molecular weight excluding hydrogens is 318 g/mol. The fourth-order valence-electron chi connectivity index (χ4n) is 1.45. The zero-order valence-corrected chi connectivity index (χ0v) is 12.4. The van der Waals surface area contributed by atoms with E-state index in [-0.39, 0.29) is 15.0 Å². The first-order chi connectivity index (χ1) is 9.83. The van der Waals surface area contributed by atoms with Crippen LogP contribution in [0.25, 0.3) is 0 Å². The number of hydrazine groups is 1. The Bertz CT molecular complexity index is 769. The molecule has 0 aliphatic carbocycles. The Morgan fingerprint density at radius 1 is 1.43 bits per heavy atom. The van der Waals surface area contributed by atoms with Crippen molar-refractivity contribution in [1.82, 2.24) is 4.98 Å². The molecule has 2 heterocycles. The molecule has 0 unspecified atom stereocenters. The summed E-state index contributed by atoms with van der Waals surface area (Å²) in [6, 6.07) is 4.13. The number of thiophene rings is 1. The van der Waals surface area contributed by atoms with E-state index in [0.29, 0.717) is 11.3 Å². The van der Waals surface area contributed by atoms with Crippen molar-refractivity contribution in [1.29, 1.82) is 0 Å². The molecule has 0 saturated carbocycles. The quantitative estimate of drug-likeness (QED) is 0.428. The van der Waals surface area contributed by atoms with E-state index >= 15 is 0 Å². The Balaban J connectivity index is 2.35. The summed E-state index contributed by atoms with van der Waals surface area (Å²) in [4.78, 5) is 14.0. The third kappa shape index (κ3) is 3.26. The lowest BCUT2D eigenvalue weighted by molar-refractivity contribution is -0.383. The minimum atomic E-state index is -3.97. The van der Waals surface area contributed by atoms with Crippen molar-refractivity contribution < 1.29 is 13.3 Å². The first kappa shape index (κ1) is 15.2. The van der Waals surface area contributed by atoms with Crippen molar-refractivity contribution in [3.8, 4) is 0 Å². The van der Waals surface area contributed by atoms with Crippen LogP contribution < -0.4 is 16.0 Å². The number of hydrogen-bond acceptors (Lipinski definition) is 8. The van der Waals surface area contributed by atoms with Gasteiger partial charge in [0.1, 0.15) is 10.0 Å². The first-order valence-electron chi connectivity index (χ1n) is 5.54. The molecule has 0 atom stereocenters. The van der Waals surface area contributed by atoms with Crippen molar-refractivity contribution in [2.45, 2.75) is 11.1 Å². The van der Waals surface area contributed by atoms with Gasteiger partial charge in [0, 0.05) is 12.3 Å². The van der Waals surface area contributed by atoms with Gasteiger partial charge in [0.15, 0.2) is 5.00 Å². The number of anilines is 2. The second-order valence-corrected chi connectivity index (χ2v) is 6.97. The topological polar surface area (TPSA) is 140 Å². The monoisotopic (exact) mass is 329 g/mol. The minimum Gasteiger partial charge on any atom is -0.310 e. The molecule has 0 radical (unpaired) electrons. The summed E-state index contributed by atoms with van der Waals surface area (Å²) in [6.45, 7) is 1.81. The molecule has 0 aromatic carbocycles. The Labute approximate surface area is 124 Å². The van der Waals surface area contributed by atoms with Crippen molar-refractivity contribution in [2.24, 2.45) is 5.84 Å². The molecule has 9 nitrogen and oxygen atoms in total. The van der Waals surface area contributed by atoms with Crippen LogP contribution in [0.3, 0.4) is 0 Å². The number of sulfonamides is 1. The van der Waals surface area contributed by atoms with Gasteiger partial charge in [0.2, 0.25) is 0 Å². The highest BCUT2D eigenvalue weighted by atomic mass is 32.2.